The lowest BCUT2D eigenvalue weighted by Crippen LogP contribution is -2.08. The number of esters is 1. The molecule has 0 radical (unpaired) electrons. The van der Waals surface area contributed by atoms with Crippen LogP contribution in [0.5, 0.6) is 5.75 Å². The molecule has 166 valence electrons. The fraction of sp³-hybridized carbons (Fsp3) is 0.194. The summed E-state index contributed by atoms with van der Waals surface area (Å²) in [5, 5.41) is 0. The van der Waals surface area contributed by atoms with Crippen molar-refractivity contribution in [3.63, 3.8) is 0 Å². The number of hydrogen-bond acceptors (Lipinski definition) is 2. The molecule has 0 aliphatic rings. The lowest BCUT2D eigenvalue weighted by Gasteiger charge is -2.12. The number of ether oxygens (including phenoxy) is 1. The Bertz CT molecular complexity index is 1160. The first-order chi connectivity index (χ1) is 16.1. The highest BCUT2D eigenvalue weighted by atomic mass is 16.5. The fourth-order valence-electron chi connectivity index (χ4n) is 4.06. The molecular weight excluding hydrogens is 404 g/mol. The van der Waals surface area contributed by atoms with Gasteiger partial charge in [0.1, 0.15) is 5.75 Å². The van der Waals surface area contributed by atoms with E-state index in [1.54, 1.807) is 0 Å². The number of rotatable bonds is 8. The predicted octanol–water partition coefficient (Wildman–Crippen LogP) is 7.87. The van der Waals surface area contributed by atoms with Crippen molar-refractivity contribution in [3.8, 4) is 16.9 Å². The maximum Gasteiger partial charge on any atom is 0.343 e. The summed E-state index contributed by atoms with van der Waals surface area (Å²) in [5.41, 5.74) is 6.70. The van der Waals surface area contributed by atoms with Crippen LogP contribution in [0.1, 0.15) is 53.2 Å². The molecule has 2 heteroatoms. The van der Waals surface area contributed by atoms with Crippen molar-refractivity contribution in [1.82, 2.24) is 0 Å². The molecule has 0 fully saturated rings. The third-order valence-corrected chi connectivity index (χ3v) is 5.99. The van der Waals surface area contributed by atoms with Crippen LogP contribution in [0, 0.1) is 0 Å². The summed E-state index contributed by atoms with van der Waals surface area (Å²) >= 11 is 0. The number of aryl methyl sites for hydroxylation is 1. The van der Waals surface area contributed by atoms with Crippen molar-refractivity contribution in [3.05, 3.63) is 125 Å². The van der Waals surface area contributed by atoms with E-state index in [0.29, 0.717) is 17.2 Å². The topological polar surface area (TPSA) is 26.3 Å². The average molecular weight is 435 g/mol. The van der Waals surface area contributed by atoms with Gasteiger partial charge in [-0.15, -0.1) is 0 Å². The molecule has 0 aromatic heterocycles. The molecule has 4 aromatic rings. The van der Waals surface area contributed by atoms with E-state index in [1.807, 2.05) is 48.5 Å². The number of carbonyl (C=O) groups excluding carboxylic acids is 1. The molecule has 0 spiro atoms. The van der Waals surface area contributed by atoms with Crippen molar-refractivity contribution in [2.45, 2.75) is 39.0 Å². The molecule has 4 aromatic carbocycles. The van der Waals surface area contributed by atoms with Crippen LogP contribution in [0.2, 0.25) is 0 Å². The van der Waals surface area contributed by atoms with Crippen LogP contribution < -0.4 is 4.74 Å². The predicted molar refractivity (Wildman–Crippen MR) is 136 cm³/mol. The third-order valence-electron chi connectivity index (χ3n) is 5.99. The van der Waals surface area contributed by atoms with Gasteiger partial charge < -0.3 is 4.74 Å². The molecule has 0 saturated heterocycles. The maximum atomic E-state index is 12.5. The van der Waals surface area contributed by atoms with Crippen molar-refractivity contribution < 1.29 is 9.53 Å². The molecule has 1 atom stereocenters. The van der Waals surface area contributed by atoms with E-state index < -0.39 is 0 Å². The Morgan fingerprint density at radius 3 is 1.91 bits per heavy atom. The van der Waals surface area contributed by atoms with Gasteiger partial charge in [0, 0.05) is 0 Å². The largest absolute Gasteiger partial charge is 0.423 e. The van der Waals surface area contributed by atoms with Gasteiger partial charge in [-0.3, -0.25) is 0 Å². The zero-order valence-electron chi connectivity index (χ0n) is 19.3. The maximum absolute atomic E-state index is 12.5. The first-order valence-corrected chi connectivity index (χ1v) is 11.7. The standard InChI is InChI=1S/C31H30O2/c1-3-7-24-12-20-30(21-13-24)33-31(32)29-18-16-28(17-19-29)27-14-10-25(11-15-27)22-23(2)26-8-5-4-6-9-26/h4-6,8-21,23H,3,7,22H2,1-2H3/t23-/m1/s1. The second kappa shape index (κ2) is 10.8. The quantitative estimate of drug-likeness (QED) is 0.208. The molecule has 0 amide bonds. The van der Waals surface area contributed by atoms with Gasteiger partial charge in [0.25, 0.3) is 0 Å². The second-order valence-electron chi connectivity index (χ2n) is 8.57. The number of hydrogen-bond donors (Lipinski definition) is 0. The highest BCUT2D eigenvalue weighted by Crippen LogP contribution is 2.24. The highest BCUT2D eigenvalue weighted by Gasteiger charge is 2.10. The molecule has 0 N–H and O–H groups in total. The molecular formula is C31H30O2. The zero-order valence-corrected chi connectivity index (χ0v) is 19.3. The molecule has 0 aliphatic heterocycles. The van der Waals surface area contributed by atoms with Crippen LogP contribution in [-0.4, -0.2) is 5.97 Å². The molecule has 4 rings (SSSR count). The summed E-state index contributed by atoms with van der Waals surface area (Å²) in [6.45, 7) is 4.42. The van der Waals surface area contributed by atoms with Gasteiger partial charge in [-0.05, 0) is 70.8 Å². The van der Waals surface area contributed by atoms with Gasteiger partial charge in [0.15, 0.2) is 0 Å². The summed E-state index contributed by atoms with van der Waals surface area (Å²) in [4.78, 5) is 12.5. The fourth-order valence-corrected chi connectivity index (χ4v) is 4.06. The zero-order chi connectivity index (χ0) is 23.0. The molecule has 0 unspecified atom stereocenters. The van der Waals surface area contributed by atoms with E-state index in [0.717, 1.165) is 30.4 Å². The summed E-state index contributed by atoms with van der Waals surface area (Å²) in [7, 11) is 0. The third kappa shape index (κ3) is 5.98. The Hall–Kier alpha value is -3.65. The molecule has 2 nitrogen and oxygen atoms in total. The van der Waals surface area contributed by atoms with E-state index >= 15 is 0 Å². The Labute approximate surface area is 196 Å². The van der Waals surface area contributed by atoms with Crippen molar-refractivity contribution in [2.24, 2.45) is 0 Å². The minimum absolute atomic E-state index is 0.338. The monoisotopic (exact) mass is 434 g/mol. The SMILES string of the molecule is CCCc1ccc(OC(=O)c2ccc(-c3ccc(C[C@@H](C)c4ccccc4)cc3)cc2)cc1. The van der Waals surface area contributed by atoms with Gasteiger partial charge in [0.2, 0.25) is 0 Å². The van der Waals surface area contributed by atoms with Gasteiger partial charge in [-0.25, -0.2) is 4.79 Å². The van der Waals surface area contributed by atoms with Crippen LogP contribution in [0.4, 0.5) is 0 Å². The summed E-state index contributed by atoms with van der Waals surface area (Å²) in [5.74, 6) is 0.712. The van der Waals surface area contributed by atoms with Crippen LogP contribution in [0.3, 0.4) is 0 Å². The second-order valence-corrected chi connectivity index (χ2v) is 8.57. The molecule has 0 bridgehead atoms. The van der Waals surface area contributed by atoms with E-state index in [1.165, 1.54) is 16.7 Å². The Morgan fingerprint density at radius 2 is 1.30 bits per heavy atom. The van der Waals surface area contributed by atoms with Crippen LogP contribution in [0.15, 0.2) is 103 Å². The smallest absolute Gasteiger partial charge is 0.343 e. The van der Waals surface area contributed by atoms with Gasteiger partial charge in [-0.2, -0.15) is 0 Å². The lowest BCUT2D eigenvalue weighted by atomic mass is 9.93. The Balaban J connectivity index is 1.37. The minimum Gasteiger partial charge on any atom is -0.423 e. The molecule has 0 heterocycles. The van der Waals surface area contributed by atoms with Crippen LogP contribution in [0.25, 0.3) is 11.1 Å². The average Bonchev–Trinajstić information content (AvgIpc) is 2.86. The van der Waals surface area contributed by atoms with Gasteiger partial charge in [-0.1, -0.05) is 99.1 Å². The van der Waals surface area contributed by atoms with Gasteiger partial charge >= 0.3 is 5.97 Å². The van der Waals surface area contributed by atoms with Crippen molar-refractivity contribution in [2.75, 3.05) is 0 Å². The van der Waals surface area contributed by atoms with E-state index in [4.69, 9.17) is 4.74 Å². The molecule has 0 saturated carbocycles. The van der Waals surface area contributed by atoms with Crippen LogP contribution in [-0.2, 0) is 12.8 Å². The Kier molecular flexibility index (Phi) is 7.36. The molecule has 33 heavy (non-hydrogen) atoms. The molecule has 0 aliphatic carbocycles. The van der Waals surface area contributed by atoms with E-state index in [2.05, 4.69) is 68.4 Å². The van der Waals surface area contributed by atoms with E-state index in [-0.39, 0.29) is 5.97 Å². The number of carbonyl (C=O) groups is 1. The first kappa shape index (κ1) is 22.5. The highest BCUT2D eigenvalue weighted by molar-refractivity contribution is 5.91. The first-order valence-electron chi connectivity index (χ1n) is 11.7. The van der Waals surface area contributed by atoms with Crippen LogP contribution >= 0.6 is 0 Å². The normalized spacial score (nSPS) is 11.7. The lowest BCUT2D eigenvalue weighted by molar-refractivity contribution is 0.0734. The summed E-state index contributed by atoms with van der Waals surface area (Å²) in [6, 6.07) is 34.7. The number of benzene rings is 4. The van der Waals surface area contributed by atoms with Gasteiger partial charge in [0.05, 0.1) is 5.56 Å². The summed E-state index contributed by atoms with van der Waals surface area (Å²) < 4.78 is 5.53. The van der Waals surface area contributed by atoms with E-state index in [9.17, 15) is 4.79 Å². The minimum atomic E-state index is -0.338. The Morgan fingerprint density at radius 1 is 0.727 bits per heavy atom. The van der Waals surface area contributed by atoms with Crippen molar-refractivity contribution >= 4 is 5.97 Å². The van der Waals surface area contributed by atoms with Crippen molar-refractivity contribution in [1.29, 1.82) is 0 Å². The summed E-state index contributed by atoms with van der Waals surface area (Å²) in [6.07, 6.45) is 3.14.